The summed E-state index contributed by atoms with van der Waals surface area (Å²) in [5, 5.41) is 10.4. The molecule has 1 fully saturated rings. The summed E-state index contributed by atoms with van der Waals surface area (Å²) < 4.78 is 0. The molecule has 1 aromatic rings. The van der Waals surface area contributed by atoms with Crippen molar-refractivity contribution >= 4 is 11.6 Å². The molecular weight excluding hydrogens is 208 g/mol. The van der Waals surface area contributed by atoms with Gasteiger partial charge in [-0.1, -0.05) is 6.08 Å². The molecule has 2 rings (SSSR count). The van der Waals surface area contributed by atoms with Gasteiger partial charge in [-0.2, -0.15) is 0 Å². The first-order valence-electron chi connectivity index (χ1n) is 4.81. The minimum atomic E-state index is -0.488. The van der Waals surface area contributed by atoms with E-state index in [4.69, 9.17) is 0 Å². The SMILES string of the molecule is C=CC1CN1C(=O)c1ccc([N+](=O)[O-])cc1. The van der Waals surface area contributed by atoms with Crippen LogP contribution in [0.25, 0.3) is 0 Å². The van der Waals surface area contributed by atoms with Crippen LogP contribution in [-0.4, -0.2) is 28.3 Å². The molecule has 5 heteroatoms. The second-order valence-electron chi connectivity index (χ2n) is 3.56. The highest BCUT2D eigenvalue weighted by atomic mass is 16.6. The lowest BCUT2D eigenvalue weighted by Crippen LogP contribution is -2.12. The molecule has 1 heterocycles. The number of hydrogen-bond donors (Lipinski definition) is 0. The Bertz CT molecular complexity index is 453. The van der Waals surface area contributed by atoms with Crippen molar-refractivity contribution in [2.75, 3.05) is 6.54 Å². The Morgan fingerprint density at radius 3 is 2.56 bits per heavy atom. The summed E-state index contributed by atoms with van der Waals surface area (Å²) >= 11 is 0. The number of carbonyl (C=O) groups is 1. The van der Waals surface area contributed by atoms with E-state index in [2.05, 4.69) is 6.58 Å². The van der Waals surface area contributed by atoms with Gasteiger partial charge in [0.05, 0.1) is 11.0 Å². The molecule has 82 valence electrons. The Morgan fingerprint density at radius 1 is 1.50 bits per heavy atom. The number of hydrogen-bond acceptors (Lipinski definition) is 3. The Labute approximate surface area is 92.1 Å². The van der Waals surface area contributed by atoms with E-state index < -0.39 is 4.92 Å². The molecular formula is C11H10N2O3. The van der Waals surface area contributed by atoms with E-state index in [1.807, 2.05) is 0 Å². The topological polar surface area (TPSA) is 63.2 Å². The number of nitrogens with zero attached hydrogens (tertiary/aromatic N) is 2. The van der Waals surface area contributed by atoms with Crippen LogP contribution in [0.4, 0.5) is 5.69 Å². The number of carbonyl (C=O) groups excluding carboxylic acids is 1. The molecule has 1 unspecified atom stereocenters. The smallest absolute Gasteiger partial charge is 0.269 e. The summed E-state index contributed by atoms with van der Waals surface area (Å²) in [6.07, 6.45) is 1.71. The first kappa shape index (κ1) is 10.4. The van der Waals surface area contributed by atoms with Crippen molar-refractivity contribution < 1.29 is 9.72 Å². The maximum atomic E-state index is 11.8. The lowest BCUT2D eigenvalue weighted by molar-refractivity contribution is -0.384. The average Bonchev–Trinajstić information content (AvgIpc) is 3.07. The second-order valence-corrected chi connectivity index (χ2v) is 3.56. The zero-order valence-electron chi connectivity index (χ0n) is 8.50. The van der Waals surface area contributed by atoms with Crippen molar-refractivity contribution in [3.05, 3.63) is 52.6 Å². The molecule has 1 saturated heterocycles. The maximum Gasteiger partial charge on any atom is 0.269 e. The highest BCUT2D eigenvalue weighted by Crippen LogP contribution is 2.22. The summed E-state index contributed by atoms with van der Waals surface area (Å²) in [4.78, 5) is 23.3. The zero-order valence-corrected chi connectivity index (χ0v) is 8.50. The number of nitro groups is 1. The Morgan fingerprint density at radius 2 is 2.12 bits per heavy atom. The van der Waals surface area contributed by atoms with E-state index in [-0.39, 0.29) is 17.6 Å². The minimum Gasteiger partial charge on any atom is -0.328 e. The van der Waals surface area contributed by atoms with Crippen LogP contribution in [0.2, 0.25) is 0 Å². The van der Waals surface area contributed by atoms with Crippen molar-refractivity contribution in [3.63, 3.8) is 0 Å². The van der Waals surface area contributed by atoms with E-state index in [9.17, 15) is 14.9 Å². The lowest BCUT2D eigenvalue weighted by Gasteiger charge is -2.01. The lowest BCUT2D eigenvalue weighted by atomic mass is 10.2. The van der Waals surface area contributed by atoms with Crippen LogP contribution in [-0.2, 0) is 0 Å². The minimum absolute atomic E-state index is 0.0115. The number of non-ortho nitro benzene ring substituents is 1. The third kappa shape index (κ3) is 1.79. The van der Waals surface area contributed by atoms with Crippen molar-refractivity contribution in [3.8, 4) is 0 Å². The summed E-state index contributed by atoms with van der Waals surface area (Å²) in [6.45, 7) is 4.28. The van der Waals surface area contributed by atoms with Gasteiger partial charge in [-0.15, -0.1) is 6.58 Å². The van der Waals surface area contributed by atoms with Gasteiger partial charge < -0.3 is 4.90 Å². The van der Waals surface area contributed by atoms with Crippen LogP contribution in [0.3, 0.4) is 0 Å². The van der Waals surface area contributed by atoms with Crippen molar-refractivity contribution in [2.24, 2.45) is 0 Å². The van der Waals surface area contributed by atoms with Crippen LogP contribution in [0.5, 0.6) is 0 Å². The van der Waals surface area contributed by atoms with Crippen molar-refractivity contribution in [2.45, 2.75) is 6.04 Å². The summed E-state index contributed by atoms with van der Waals surface area (Å²) in [5.74, 6) is -0.111. The average molecular weight is 218 g/mol. The molecule has 0 bridgehead atoms. The van der Waals surface area contributed by atoms with Gasteiger partial charge in [0.15, 0.2) is 0 Å². The standard InChI is InChI=1S/C11H10N2O3/c1-2-9-7-12(9)11(14)8-3-5-10(6-4-8)13(15)16/h2-6,9H,1,7H2. The predicted molar refractivity (Wildman–Crippen MR) is 58.1 cm³/mol. The number of rotatable bonds is 3. The molecule has 1 amide bonds. The van der Waals surface area contributed by atoms with Gasteiger partial charge >= 0.3 is 0 Å². The molecule has 16 heavy (non-hydrogen) atoms. The maximum absolute atomic E-state index is 11.8. The van der Waals surface area contributed by atoms with E-state index in [0.717, 1.165) is 0 Å². The summed E-state index contributed by atoms with van der Waals surface area (Å²) in [5.41, 5.74) is 0.456. The monoisotopic (exact) mass is 218 g/mol. The number of benzene rings is 1. The molecule has 0 saturated carbocycles. The second kappa shape index (κ2) is 3.77. The van der Waals surface area contributed by atoms with Gasteiger partial charge in [-0.3, -0.25) is 14.9 Å². The van der Waals surface area contributed by atoms with E-state index in [0.29, 0.717) is 12.1 Å². The Balaban J connectivity index is 2.13. The highest BCUT2D eigenvalue weighted by molar-refractivity contribution is 5.96. The Hall–Kier alpha value is -2.17. The van der Waals surface area contributed by atoms with E-state index in [1.165, 1.54) is 24.3 Å². The molecule has 1 aliphatic heterocycles. The molecule has 0 aliphatic carbocycles. The van der Waals surface area contributed by atoms with Crippen LogP contribution in [0.15, 0.2) is 36.9 Å². The van der Waals surface area contributed by atoms with Gasteiger partial charge in [0.2, 0.25) is 0 Å². The normalized spacial score (nSPS) is 18.0. The van der Waals surface area contributed by atoms with Gasteiger partial charge in [0.25, 0.3) is 11.6 Å². The van der Waals surface area contributed by atoms with Crippen molar-refractivity contribution in [1.82, 2.24) is 4.90 Å². The first-order valence-corrected chi connectivity index (χ1v) is 4.81. The quantitative estimate of drug-likeness (QED) is 0.335. The third-order valence-corrected chi connectivity index (χ3v) is 2.51. The largest absolute Gasteiger partial charge is 0.328 e. The van der Waals surface area contributed by atoms with Crippen LogP contribution in [0.1, 0.15) is 10.4 Å². The van der Waals surface area contributed by atoms with Crippen LogP contribution in [0, 0.1) is 10.1 Å². The number of amides is 1. The van der Waals surface area contributed by atoms with Crippen molar-refractivity contribution in [1.29, 1.82) is 0 Å². The van der Waals surface area contributed by atoms with E-state index >= 15 is 0 Å². The molecule has 1 aliphatic rings. The fourth-order valence-corrected chi connectivity index (χ4v) is 1.48. The van der Waals surface area contributed by atoms with Gasteiger partial charge in [0.1, 0.15) is 0 Å². The molecule has 0 radical (unpaired) electrons. The van der Waals surface area contributed by atoms with Gasteiger partial charge in [-0.25, -0.2) is 0 Å². The van der Waals surface area contributed by atoms with E-state index in [1.54, 1.807) is 11.0 Å². The highest BCUT2D eigenvalue weighted by Gasteiger charge is 2.36. The fraction of sp³-hybridized carbons (Fsp3) is 0.182. The molecule has 0 spiro atoms. The first-order chi connectivity index (χ1) is 7.63. The van der Waals surface area contributed by atoms with Crippen LogP contribution >= 0.6 is 0 Å². The third-order valence-electron chi connectivity index (χ3n) is 2.51. The molecule has 5 nitrogen and oxygen atoms in total. The van der Waals surface area contributed by atoms with Gasteiger partial charge in [-0.05, 0) is 12.1 Å². The van der Waals surface area contributed by atoms with Crippen LogP contribution < -0.4 is 0 Å². The summed E-state index contributed by atoms with van der Waals surface area (Å²) in [7, 11) is 0. The molecule has 1 atom stereocenters. The molecule has 0 aromatic heterocycles. The molecule has 1 aromatic carbocycles. The molecule has 0 N–H and O–H groups in total. The Kier molecular flexibility index (Phi) is 2.44. The van der Waals surface area contributed by atoms with Gasteiger partial charge in [0, 0.05) is 24.2 Å². The zero-order chi connectivity index (χ0) is 11.7. The summed E-state index contributed by atoms with van der Waals surface area (Å²) in [6, 6.07) is 5.72. The predicted octanol–water partition coefficient (Wildman–Crippen LogP) is 1.61. The number of nitro benzene ring substituents is 1. The fourth-order valence-electron chi connectivity index (χ4n) is 1.48.